The number of benzene rings is 2. The summed E-state index contributed by atoms with van der Waals surface area (Å²) in [4.78, 5) is 22.6. The lowest BCUT2D eigenvalue weighted by molar-refractivity contribution is 0.0627. The van der Waals surface area contributed by atoms with Crippen LogP contribution in [0.25, 0.3) is 10.8 Å². The Morgan fingerprint density at radius 1 is 1.09 bits per heavy atom. The number of rotatable bonds is 3. The zero-order chi connectivity index (χ0) is 15.6. The van der Waals surface area contributed by atoms with E-state index in [1.54, 1.807) is 6.20 Å². The fourth-order valence-electron chi connectivity index (χ4n) is 2.90. The summed E-state index contributed by atoms with van der Waals surface area (Å²) in [5, 5.41) is 5.41. The van der Waals surface area contributed by atoms with E-state index in [1.807, 2.05) is 53.4 Å². The third-order valence-electron chi connectivity index (χ3n) is 4.12. The first-order chi connectivity index (χ1) is 11.3. The van der Waals surface area contributed by atoms with E-state index in [2.05, 4.69) is 15.3 Å². The molecule has 0 bridgehead atoms. The molecular formula is C18H16N4O. The van der Waals surface area contributed by atoms with Gasteiger partial charge in [-0.1, -0.05) is 36.4 Å². The van der Waals surface area contributed by atoms with Crippen LogP contribution in [0.5, 0.6) is 0 Å². The summed E-state index contributed by atoms with van der Waals surface area (Å²) in [5.74, 6) is 0.879. The highest BCUT2D eigenvalue weighted by atomic mass is 16.2. The normalized spacial score (nSPS) is 14.5. The van der Waals surface area contributed by atoms with Crippen molar-refractivity contribution in [2.45, 2.75) is 6.04 Å². The van der Waals surface area contributed by atoms with Crippen LogP contribution in [0.3, 0.4) is 0 Å². The van der Waals surface area contributed by atoms with Gasteiger partial charge in [0.05, 0.1) is 6.04 Å². The van der Waals surface area contributed by atoms with Crippen molar-refractivity contribution in [1.82, 2.24) is 14.9 Å². The first-order valence-corrected chi connectivity index (χ1v) is 7.61. The van der Waals surface area contributed by atoms with Crippen molar-refractivity contribution in [2.24, 2.45) is 0 Å². The Morgan fingerprint density at radius 3 is 2.74 bits per heavy atom. The van der Waals surface area contributed by atoms with E-state index in [1.165, 1.54) is 6.33 Å². The predicted octanol–water partition coefficient (Wildman–Crippen LogP) is 2.57. The van der Waals surface area contributed by atoms with Crippen molar-refractivity contribution >= 4 is 22.5 Å². The molecule has 1 aromatic heterocycles. The SMILES string of the molecule is O=C(c1cccc2ccccc12)N1CC(Nc2ccncn2)C1. The minimum Gasteiger partial charge on any atom is -0.364 e. The summed E-state index contributed by atoms with van der Waals surface area (Å²) < 4.78 is 0. The van der Waals surface area contributed by atoms with Gasteiger partial charge in [-0.3, -0.25) is 4.79 Å². The molecule has 1 aliphatic heterocycles. The molecule has 2 heterocycles. The number of nitrogens with one attached hydrogen (secondary N) is 1. The molecule has 23 heavy (non-hydrogen) atoms. The molecule has 0 saturated carbocycles. The minimum absolute atomic E-state index is 0.0857. The van der Waals surface area contributed by atoms with Crippen LogP contribution in [-0.2, 0) is 0 Å². The zero-order valence-electron chi connectivity index (χ0n) is 12.5. The highest BCUT2D eigenvalue weighted by Crippen LogP contribution is 2.23. The van der Waals surface area contributed by atoms with Crippen LogP contribution in [0.15, 0.2) is 61.1 Å². The van der Waals surface area contributed by atoms with Gasteiger partial charge in [0.2, 0.25) is 0 Å². The third kappa shape index (κ3) is 2.61. The Balaban J connectivity index is 1.47. The van der Waals surface area contributed by atoms with Gasteiger partial charge in [-0.25, -0.2) is 9.97 Å². The molecule has 0 spiro atoms. The molecular weight excluding hydrogens is 288 g/mol. The second-order valence-corrected chi connectivity index (χ2v) is 5.67. The molecule has 3 aromatic rings. The van der Waals surface area contributed by atoms with E-state index >= 15 is 0 Å². The Morgan fingerprint density at radius 2 is 1.91 bits per heavy atom. The Bertz CT molecular complexity index is 839. The van der Waals surface area contributed by atoms with Gasteiger partial charge in [-0.15, -0.1) is 0 Å². The highest BCUT2D eigenvalue weighted by molar-refractivity contribution is 6.07. The largest absolute Gasteiger partial charge is 0.364 e. The van der Waals surface area contributed by atoms with E-state index in [4.69, 9.17) is 0 Å². The number of carbonyl (C=O) groups excluding carboxylic acids is 1. The maximum Gasteiger partial charge on any atom is 0.254 e. The van der Waals surface area contributed by atoms with Crippen LogP contribution in [0, 0.1) is 0 Å². The van der Waals surface area contributed by atoms with Crippen LogP contribution >= 0.6 is 0 Å². The fourth-order valence-corrected chi connectivity index (χ4v) is 2.90. The molecule has 0 aliphatic carbocycles. The van der Waals surface area contributed by atoms with Crippen LogP contribution in [-0.4, -0.2) is 39.9 Å². The Hall–Kier alpha value is -2.95. The van der Waals surface area contributed by atoms with Crippen LogP contribution in [0.1, 0.15) is 10.4 Å². The lowest BCUT2D eigenvalue weighted by atomic mass is 10.0. The van der Waals surface area contributed by atoms with E-state index < -0.39 is 0 Å². The first kappa shape index (κ1) is 13.7. The van der Waals surface area contributed by atoms with Crippen LogP contribution in [0.2, 0.25) is 0 Å². The molecule has 1 aliphatic rings. The first-order valence-electron chi connectivity index (χ1n) is 7.61. The Labute approximate surface area is 134 Å². The van der Waals surface area contributed by atoms with Gasteiger partial charge < -0.3 is 10.2 Å². The van der Waals surface area contributed by atoms with E-state index in [-0.39, 0.29) is 11.9 Å². The minimum atomic E-state index is 0.0857. The number of aromatic nitrogens is 2. The van der Waals surface area contributed by atoms with Gasteiger partial charge >= 0.3 is 0 Å². The number of likely N-dealkylation sites (tertiary alicyclic amines) is 1. The van der Waals surface area contributed by atoms with Crippen molar-refractivity contribution in [3.63, 3.8) is 0 Å². The molecule has 0 radical (unpaired) electrons. The van der Waals surface area contributed by atoms with Gasteiger partial charge in [0.15, 0.2) is 0 Å². The summed E-state index contributed by atoms with van der Waals surface area (Å²) in [6, 6.07) is 15.9. The molecule has 0 unspecified atom stereocenters. The molecule has 1 N–H and O–H groups in total. The summed E-state index contributed by atoms with van der Waals surface area (Å²) in [7, 11) is 0. The second kappa shape index (κ2) is 5.68. The predicted molar refractivity (Wildman–Crippen MR) is 89.3 cm³/mol. The molecule has 5 nitrogen and oxygen atoms in total. The Kier molecular flexibility index (Phi) is 3.38. The van der Waals surface area contributed by atoms with Gasteiger partial charge in [0.1, 0.15) is 12.1 Å². The van der Waals surface area contributed by atoms with Crippen molar-refractivity contribution < 1.29 is 4.79 Å². The molecule has 5 heteroatoms. The average molecular weight is 304 g/mol. The van der Waals surface area contributed by atoms with Gasteiger partial charge in [-0.05, 0) is 22.9 Å². The van der Waals surface area contributed by atoms with E-state index in [0.717, 1.165) is 22.2 Å². The van der Waals surface area contributed by atoms with Gasteiger partial charge in [0.25, 0.3) is 5.91 Å². The van der Waals surface area contributed by atoms with Gasteiger partial charge in [-0.2, -0.15) is 0 Å². The standard InChI is InChI=1S/C18H16N4O/c23-18(16-7-3-5-13-4-1-2-6-15(13)16)22-10-14(11-22)21-17-8-9-19-12-20-17/h1-9,12,14H,10-11H2,(H,19,20,21). The third-order valence-corrected chi connectivity index (χ3v) is 4.12. The fraction of sp³-hybridized carbons (Fsp3) is 0.167. The second-order valence-electron chi connectivity index (χ2n) is 5.67. The summed E-state index contributed by atoms with van der Waals surface area (Å²) in [6.45, 7) is 1.37. The number of fused-ring (bicyclic) bond motifs is 1. The van der Waals surface area contributed by atoms with Gasteiger partial charge in [0, 0.05) is 24.8 Å². The number of hydrogen-bond acceptors (Lipinski definition) is 4. The van der Waals surface area contributed by atoms with Crippen molar-refractivity contribution in [2.75, 3.05) is 18.4 Å². The van der Waals surface area contributed by atoms with Crippen molar-refractivity contribution in [3.05, 3.63) is 66.6 Å². The number of nitrogens with zero attached hydrogens (tertiary/aromatic N) is 3. The maximum absolute atomic E-state index is 12.7. The number of hydrogen-bond donors (Lipinski definition) is 1. The monoisotopic (exact) mass is 304 g/mol. The number of carbonyl (C=O) groups is 1. The molecule has 1 amide bonds. The summed E-state index contributed by atoms with van der Waals surface area (Å²) >= 11 is 0. The summed E-state index contributed by atoms with van der Waals surface area (Å²) in [6.07, 6.45) is 3.22. The quantitative estimate of drug-likeness (QED) is 0.808. The van der Waals surface area contributed by atoms with Crippen molar-refractivity contribution in [3.8, 4) is 0 Å². The number of amides is 1. The maximum atomic E-state index is 12.7. The number of anilines is 1. The van der Waals surface area contributed by atoms with Crippen LogP contribution < -0.4 is 5.32 Å². The zero-order valence-corrected chi connectivity index (χ0v) is 12.5. The topological polar surface area (TPSA) is 58.1 Å². The average Bonchev–Trinajstić information content (AvgIpc) is 2.57. The molecule has 0 atom stereocenters. The molecule has 2 aromatic carbocycles. The van der Waals surface area contributed by atoms with Crippen LogP contribution in [0.4, 0.5) is 5.82 Å². The molecule has 4 rings (SSSR count). The smallest absolute Gasteiger partial charge is 0.254 e. The van der Waals surface area contributed by atoms with Crippen molar-refractivity contribution in [1.29, 1.82) is 0 Å². The summed E-state index contributed by atoms with van der Waals surface area (Å²) in [5.41, 5.74) is 0.767. The van der Waals surface area contributed by atoms with E-state index in [0.29, 0.717) is 13.1 Å². The molecule has 114 valence electrons. The highest BCUT2D eigenvalue weighted by Gasteiger charge is 2.31. The molecule has 1 fully saturated rings. The molecule has 1 saturated heterocycles. The van der Waals surface area contributed by atoms with E-state index in [9.17, 15) is 4.79 Å². The lowest BCUT2D eigenvalue weighted by Crippen LogP contribution is -2.57. The lowest BCUT2D eigenvalue weighted by Gasteiger charge is -2.40.